The SMILES string of the molecule is N#CSc1ccc(S)cc1. The number of thiol groups is 1. The number of hydrogen-bond acceptors (Lipinski definition) is 3. The summed E-state index contributed by atoms with van der Waals surface area (Å²) in [6.45, 7) is 0. The average molecular weight is 167 g/mol. The summed E-state index contributed by atoms with van der Waals surface area (Å²) in [5, 5.41) is 10.3. The third-order valence-corrected chi connectivity index (χ3v) is 1.90. The minimum atomic E-state index is 0.919. The van der Waals surface area contributed by atoms with E-state index in [-0.39, 0.29) is 0 Å². The number of thioether (sulfide) groups is 1. The fourth-order valence-corrected chi connectivity index (χ4v) is 1.09. The van der Waals surface area contributed by atoms with Crippen molar-refractivity contribution in [3.8, 4) is 5.40 Å². The van der Waals surface area contributed by atoms with Crippen molar-refractivity contribution in [2.24, 2.45) is 0 Å². The fraction of sp³-hybridized carbons (Fsp3) is 0. The molecule has 0 amide bonds. The highest BCUT2D eigenvalue weighted by atomic mass is 32.2. The van der Waals surface area contributed by atoms with Crippen molar-refractivity contribution in [2.75, 3.05) is 0 Å². The Morgan fingerprint density at radius 1 is 1.30 bits per heavy atom. The molecule has 0 aromatic heterocycles. The molecule has 0 spiro atoms. The molecule has 1 nitrogen and oxygen atoms in total. The standard InChI is InChI=1S/C7H5NS2/c8-5-10-7-3-1-6(9)2-4-7/h1-4,9H. The van der Waals surface area contributed by atoms with Crippen LogP contribution in [0.5, 0.6) is 0 Å². The van der Waals surface area contributed by atoms with Crippen LogP contribution in [-0.4, -0.2) is 0 Å². The van der Waals surface area contributed by atoms with Crippen molar-refractivity contribution in [1.29, 1.82) is 5.26 Å². The number of nitrogens with zero attached hydrogens (tertiary/aromatic N) is 1. The second-order valence-electron chi connectivity index (χ2n) is 1.69. The van der Waals surface area contributed by atoms with Crippen molar-refractivity contribution in [3.05, 3.63) is 24.3 Å². The number of thiocyanates is 1. The normalized spacial score (nSPS) is 8.80. The minimum absolute atomic E-state index is 0.919. The summed E-state index contributed by atoms with van der Waals surface area (Å²) >= 11 is 5.26. The van der Waals surface area contributed by atoms with E-state index in [9.17, 15) is 0 Å². The zero-order valence-corrected chi connectivity index (χ0v) is 6.82. The van der Waals surface area contributed by atoms with Crippen LogP contribution < -0.4 is 0 Å². The number of hydrogen-bond donors (Lipinski definition) is 1. The van der Waals surface area contributed by atoms with Gasteiger partial charge in [0, 0.05) is 9.79 Å². The maximum absolute atomic E-state index is 8.28. The predicted molar refractivity (Wildman–Crippen MR) is 45.2 cm³/mol. The summed E-state index contributed by atoms with van der Waals surface area (Å²) in [6, 6.07) is 7.47. The fourth-order valence-electron chi connectivity index (χ4n) is 0.567. The molecule has 0 N–H and O–H groups in total. The first-order valence-electron chi connectivity index (χ1n) is 2.68. The Kier molecular flexibility index (Phi) is 2.67. The highest BCUT2D eigenvalue weighted by Crippen LogP contribution is 2.17. The van der Waals surface area contributed by atoms with Crippen molar-refractivity contribution in [2.45, 2.75) is 9.79 Å². The zero-order valence-electron chi connectivity index (χ0n) is 5.11. The first kappa shape index (κ1) is 7.52. The van der Waals surface area contributed by atoms with Crippen LogP contribution in [0.4, 0.5) is 0 Å². The third kappa shape index (κ3) is 1.98. The molecule has 1 aromatic rings. The van der Waals surface area contributed by atoms with E-state index < -0.39 is 0 Å². The second-order valence-corrected chi connectivity index (χ2v) is 3.06. The molecule has 0 saturated heterocycles. The summed E-state index contributed by atoms with van der Waals surface area (Å²) in [6.07, 6.45) is 0. The van der Waals surface area contributed by atoms with E-state index in [0.29, 0.717) is 0 Å². The molecule has 0 aliphatic carbocycles. The smallest absolute Gasteiger partial charge is 0.138 e. The molecule has 0 bridgehead atoms. The Morgan fingerprint density at radius 3 is 2.40 bits per heavy atom. The molecule has 0 heterocycles. The van der Waals surface area contributed by atoms with Crippen LogP contribution in [0, 0.1) is 10.7 Å². The highest BCUT2D eigenvalue weighted by Gasteiger charge is 1.89. The van der Waals surface area contributed by atoms with Gasteiger partial charge in [0.05, 0.1) is 0 Å². The quantitative estimate of drug-likeness (QED) is 0.395. The van der Waals surface area contributed by atoms with Gasteiger partial charge in [-0.1, -0.05) is 0 Å². The number of rotatable bonds is 1. The Balaban J connectivity index is 2.81. The van der Waals surface area contributed by atoms with Gasteiger partial charge in [-0.3, -0.25) is 0 Å². The van der Waals surface area contributed by atoms with Crippen molar-refractivity contribution >= 4 is 24.4 Å². The summed E-state index contributed by atoms with van der Waals surface area (Å²) in [7, 11) is 0. The highest BCUT2D eigenvalue weighted by molar-refractivity contribution is 8.03. The second kappa shape index (κ2) is 3.55. The maximum Gasteiger partial charge on any atom is 0.138 e. The zero-order chi connectivity index (χ0) is 7.40. The minimum Gasteiger partial charge on any atom is -0.185 e. The number of nitriles is 1. The van der Waals surface area contributed by atoms with Gasteiger partial charge in [0.25, 0.3) is 0 Å². The lowest BCUT2D eigenvalue weighted by molar-refractivity contribution is 1.36. The summed E-state index contributed by atoms with van der Waals surface area (Å²) in [5.74, 6) is 0. The molecule has 10 heavy (non-hydrogen) atoms. The van der Waals surface area contributed by atoms with Crippen molar-refractivity contribution in [3.63, 3.8) is 0 Å². The van der Waals surface area contributed by atoms with E-state index in [0.717, 1.165) is 21.6 Å². The van der Waals surface area contributed by atoms with E-state index in [1.165, 1.54) is 0 Å². The van der Waals surface area contributed by atoms with Gasteiger partial charge in [-0.15, -0.1) is 12.6 Å². The van der Waals surface area contributed by atoms with Gasteiger partial charge in [0.15, 0.2) is 0 Å². The van der Waals surface area contributed by atoms with Crippen LogP contribution in [0.3, 0.4) is 0 Å². The predicted octanol–water partition coefficient (Wildman–Crippen LogP) is 2.55. The lowest BCUT2D eigenvalue weighted by Crippen LogP contribution is -1.66. The molecule has 50 valence electrons. The third-order valence-electron chi connectivity index (χ3n) is 1.00. The molecule has 0 aliphatic heterocycles. The Bertz CT molecular complexity index is 247. The van der Waals surface area contributed by atoms with Gasteiger partial charge in [-0.2, -0.15) is 5.26 Å². The molecule has 0 unspecified atom stereocenters. The molecule has 1 aromatic carbocycles. The lowest BCUT2D eigenvalue weighted by Gasteiger charge is -1.91. The maximum atomic E-state index is 8.28. The first-order valence-corrected chi connectivity index (χ1v) is 3.94. The van der Waals surface area contributed by atoms with Crippen LogP contribution >= 0.6 is 24.4 Å². The Hall–Kier alpha value is -0.590. The molecule has 1 rings (SSSR count). The van der Waals surface area contributed by atoms with Crippen LogP contribution in [-0.2, 0) is 0 Å². The molecule has 0 aliphatic rings. The van der Waals surface area contributed by atoms with Gasteiger partial charge < -0.3 is 0 Å². The molecular weight excluding hydrogens is 162 g/mol. The molecule has 0 radical (unpaired) electrons. The summed E-state index contributed by atoms with van der Waals surface area (Å²) in [5.41, 5.74) is 0. The Morgan fingerprint density at radius 2 is 1.90 bits per heavy atom. The van der Waals surface area contributed by atoms with Gasteiger partial charge in [0.1, 0.15) is 5.40 Å². The van der Waals surface area contributed by atoms with E-state index in [1.807, 2.05) is 29.7 Å². The van der Waals surface area contributed by atoms with E-state index in [4.69, 9.17) is 5.26 Å². The van der Waals surface area contributed by atoms with Gasteiger partial charge in [-0.05, 0) is 36.0 Å². The topological polar surface area (TPSA) is 23.8 Å². The molecule has 3 heteroatoms. The molecule has 0 saturated carbocycles. The van der Waals surface area contributed by atoms with E-state index >= 15 is 0 Å². The van der Waals surface area contributed by atoms with Crippen LogP contribution in [0.25, 0.3) is 0 Å². The van der Waals surface area contributed by atoms with Gasteiger partial charge >= 0.3 is 0 Å². The first-order chi connectivity index (χ1) is 4.83. The van der Waals surface area contributed by atoms with Gasteiger partial charge in [-0.25, -0.2) is 0 Å². The van der Waals surface area contributed by atoms with Crippen LogP contribution in [0.2, 0.25) is 0 Å². The average Bonchev–Trinajstić information content (AvgIpc) is 1.95. The van der Waals surface area contributed by atoms with Crippen molar-refractivity contribution in [1.82, 2.24) is 0 Å². The van der Waals surface area contributed by atoms with Crippen molar-refractivity contribution < 1.29 is 0 Å². The van der Waals surface area contributed by atoms with E-state index in [2.05, 4.69) is 12.6 Å². The molecule has 0 fully saturated rings. The van der Waals surface area contributed by atoms with Crippen LogP contribution in [0.1, 0.15) is 0 Å². The summed E-state index contributed by atoms with van der Waals surface area (Å²) < 4.78 is 0. The lowest BCUT2D eigenvalue weighted by atomic mass is 10.4. The Labute approximate surface area is 69.5 Å². The molecular formula is C7H5NS2. The van der Waals surface area contributed by atoms with Crippen LogP contribution in [0.15, 0.2) is 34.1 Å². The number of benzene rings is 1. The monoisotopic (exact) mass is 167 g/mol. The van der Waals surface area contributed by atoms with Gasteiger partial charge in [0.2, 0.25) is 0 Å². The van der Waals surface area contributed by atoms with E-state index in [1.54, 1.807) is 0 Å². The molecule has 0 atom stereocenters. The largest absolute Gasteiger partial charge is 0.185 e. The summed E-state index contributed by atoms with van der Waals surface area (Å²) in [4.78, 5) is 1.88.